The number of nitro benzene ring substituents is 1. The largest absolute Gasteiger partial charge is 0.494 e. The van der Waals surface area contributed by atoms with Crippen LogP contribution in [0.3, 0.4) is 0 Å². The van der Waals surface area contributed by atoms with Crippen LogP contribution in [0.4, 0.5) is 15.8 Å². The van der Waals surface area contributed by atoms with Crippen molar-refractivity contribution >= 4 is 17.3 Å². The van der Waals surface area contributed by atoms with E-state index in [0.29, 0.717) is 18.1 Å². The number of carbonyl (C=O) groups excluding carboxylic acids is 1. The molecule has 8 heteroatoms. The summed E-state index contributed by atoms with van der Waals surface area (Å²) in [5.74, 6) is -0.266. The summed E-state index contributed by atoms with van der Waals surface area (Å²) in [4.78, 5) is 21.8. The minimum absolute atomic E-state index is 0.272. The summed E-state index contributed by atoms with van der Waals surface area (Å²) in [7, 11) is 0. The van der Waals surface area contributed by atoms with E-state index in [2.05, 4.69) is 5.32 Å². The molecule has 0 aliphatic carbocycles. The van der Waals surface area contributed by atoms with Crippen molar-refractivity contribution in [2.75, 3.05) is 18.5 Å². The molecule has 132 valence electrons. The van der Waals surface area contributed by atoms with Gasteiger partial charge < -0.3 is 14.8 Å². The van der Waals surface area contributed by atoms with Crippen LogP contribution in [0.25, 0.3) is 0 Å². The number of ether oxygens (including phenoxy) is 2. The maximum Gasteiger partial charge on any atom is 0.271 e. The molecule has 0 aromatic heterocycles. The molecule has 0 spiro atoms. The maximum atomic E-state index is 13.6. The number of carbonyl (C=O) groups is 1. The molecule has 7 nitrogen and oxygen atoms in total. The van der Waals surface area contributed by atoms with E-state index in [-0.39, 0.29) is 18.0 Å². The second-order valence-electron chi connectivity index (χ2n) is 5.08. The predicted molar refractivity (Wildman–Crippen MR) is 89.4 cm³/mol. The second-order valence-corrected chi connectivity index (χ2v) is 5.08. The summed E-state index contributed by atoms with van der Waals surface area (Å²) in [6.45, 7) is 2.24. The van der Waals surface area contributed by atoms with Crippen molar-refractivity contribution < 1.29 is 23.6 Å². The van der Waals surface area contributed by atoms with Crippen molar-refractivity contribution in [3.05, 3.63) is 58.4 Å². The highest BCUT2D eigenvalue weighted by Crippen LogP contribution is 2.21. The highest BCUT2D eigenvalue weighted by molar-refractivity contribution is 5.92. The predicted octanol–water partition coefficient (Wildman–Crippen LogP) is 3.54. The van der Waals surface area contributed by atoms with E-state index in [1.54, 1.807) is 24.3 Å². The zero-order valence-corrected chi connectivity index (χ0v) is 13.5. The highest BCUT2D eigenvalue weighted by Gasteiger charge is 2.13. The molecule has 0 aliphatic rings. The Morgan fingerprint density at radius 1 is 1.16 bits per heavy atom. The number of hydrogen-bond donors (Lipinski definition) is 1. The van der Waals surface area contributed by atoms with Crippen LogP contribution in [0.5, 0.6) is 11.5 Å². The van der Waals surface area contributed by atoms with Crippen LogP contribution >= 0.6 is 0 Å². The van der Waals surface area contributed by atoms with Crippen molar-refractivity contribution in [2.45, 2.75) is 13.3 Å². The molecular formula is C17H17FN2O5. The fourth-order valence-corrected chi connectivity index (χ4v) is 1.91. The van der Waals surface area contributed by atoms with Gasteiger partial charge in [0.05, 0.1) is 17.2 Å². The van der Waals surface area contributed by atoms with Crippen molar-refractivity contribution in [1.29, 1.82) is 0 Å². The van der Waals surface area contributed by atoms with Gasteiger partial charge in [-0.3, -0.25) is 14.9 Å². The summed E-state index contributed by atoms with van der Waals surface area (Å²) in [5, 5.41) is 12.9. The third-order valence-corrected chi connectivity index (χ3v) is 3.10. The van der Waals surface area contributed by atoms with Gasteiger partial charge in [-0.25, -0.2) is 4.39 Å². The molecule has 1 amide bonds. The van der Waals surface area contributed by atoms with Crippen molar-refractivity contribution in [2.24, 2.45) is 0 Å². The SMILES string of the molecule is CCCOc1ccc(OCC(=O)Nc2cc([N+](=O)[O-])ccc2F)cc1. The number of rotatable bonds is 8. The van der Waals surface area contributed by atoms with Crippen LogP contribution in [0.1, 0.15) is 13.3 Å². The first-order valence-electron chi connectivity index (χ1n) is 7.59. The topological polar surface area (TPSA) is 90.7 Å². The van der Waals surface area contributed by atoms with E-state index in [4.69, 9.17) is 9.47 Å². The van der Waals surface area contributed by atoms with Gasteiger partial charge in [0.25, 0.3) is 11.6 Å². The van der Waals surface area contributed by atoms with Crippen LogP contribution in [0, 0.1) is 15.9 Å². The Hall–Kier alpha value is -3.16. The first kappa shape index (κ1) is 18.2. The quantitative estimate of drug-likeness (QED) is 0.582. The molecule has 2 rings (SSSR count). The molecule has 0 unspecified atom stereocenters. The Bertz CT molecular complexity index is 749. The third-order valence-electron chi connectivity index (χ3n) is 3.10. The Balaban J connectivity index is 1.90. The van der Waals surface area contributed by atoms with E-state index in [0.717, 1.165) is 24.6 Å². The van der Waals surface area contributed by atoms with Crippen LogP contribution < -0.4 is 14.8 Å². The fraction of sp³-hybridized carbons (Fsp3) is 0.235. The van der Waals surface area contributed by atoms with Crippen molar-refractivity contribution in [3.8, 4) is 11.5 Å². The third kappa shape index (κ3) is 5.45. The Morgan fingerprint density at radius 2 is 1.80 bits per heavy atom. The Labute approximate surface area is 143 Å². The summed E-state index contributed by atoms with van der Waals surface area (Å²) in [6.07, 6.45) is 0.895. The lowest BCUT2D eigenvalue weighted by atomic mass is 10.2. The normalized spacial score (nSPS) is 10.2. The number of amides is 1. The van der Waals surface area contributed by atoms with E-state index >= 15 is 0 Å². The fourth-order valence-electron chi connectivity index (χ4n) is 1.91. The summed E-state index contributed by atoms with van der Waals surface area (Å²) >= 11 is 0. The van der Waals surface area contributed by atoms with Crippen LogP contribution in [-0.2, 0) is 4.79 Å². The molecule has 0 atom stereocenters. The molecule has 0 fully saturated rings. The van der Waals surface area contributed by atoms with Crippen molar-refractivity contribution in [1.82, 2.24) is 0 Å². The molecule has 2 aromatic rings. The second kappa shape index (κ2) is 8.62. The van der Waals surface area contributed by atoms with Crippen LogP contribution in [0.2, 0.25) is 0 Å². The maximum absolute atomic E-state index is 13.6. The van der Waals surface area contributed by atoms with Gasteiger partial charge in [0.15, 0.2) is 6.61 Å². The molecule has 0 aliphatic heterocycles. The Morgan fingerprint density at radius 3 is 2.40 bits per heavy atom. The van der Waals surface area contributed by atoms with E-state index < -0.39 is 16.6 Å². The molecule has 0 heterocycles. The lowest BCUT2D eigenvalue weighted by Crippen LogP contribution is -2.20. The van der Waals surface area contributed by atoms with Gasteiger partial charge in [0.1, 0.15) is 17.3 Å². The minimum atomic E-state index is -0.767. The average Bonchev–Trinajstić information content (AvgIpc) is 2.60. The van der Waals surface area contributed by atoms with E-state index in [1.807, 2.05) is 6.92 Å². The smallest absolute Gasteiger partial charge is 0.271 e. The summed E-state index contributed by atoms with van der Waals surface area (Å²) < 4.78 is 24.3. The van der Waals surface area contributed by atoms with E-state index in [1.165, 1.54) is 0 Å². The summed E-state index contributed by atoms with van der Waals surface area (Å²) in [6, 6.07) is 9.60. The van der Waals surface area contributed by atoms with Crippen LogP contribution in [0.15, 0.2) is 42.5 Å². The first-order chi connectivity index (χ1) is 12.0. The van der Waals surface area contributed by atoms with Gasteiger partial charge in [-0.2, -0.15) is 0 Å². The molecule has 2 aromatic carbocycles. The number of nitro groups is 1. The van der Waals surface area contributed by atoms with Gasteiger partial charge in [-0.1, -0.05) is 6.92 Å². The van der Waals surface area contributed by atoms with Gasteiger partial charge in [-0.05, 0) is 36.8 Å². The average molecular weight is 348 g/mol. The highest BCUT2D eigenvalue weighted by atomic mass is 19.1. The van der Waals surface area contributed by atoms with Gasteiger partial charge in [0, 0.05) is 12.1 Å². The zero-order valence-electron chi connectivity index (χ0n) is 13.5. The summed E-state index contributed by atoms with van der Waals surface area (Å²) in [5.41, 5.74) is -0.591. The van der Waals surface area contributed by atoms with Crippen LogP contribution in [-0.4, -0.2) is 24.0 Å². The first-order valence-corrected chi connectivity index (χ1v) is 7.59. The molecule has 0 radical (unpaired) electrons. The molecular weight excluding hydrogens is 331 g/mol. The minimum Gasteiger partial charge on any atom is -0.494 e. The number of nitrogens with zero attached hydrogens (tertiary/aromatic N) is 1. The number of nitrogens with one attached hydrogen (secondary N) is 1. The molecule has 0 saturated carbocycles. The van der Waals surface area contributed by atoms with Gasteiger partial charge in [-0.15, -0.1) is 0 Å². The number of halogens is 1. The number of non-ortho nitro benzene ring substituents is 1. The van der Waals surface area contributed by atoms with E-state index in [9.17, 15) is 19.3 Å². The monoisotopic (exact) mass is 348 g/mol. The van der Waals surface area contributed by atoms with Gasteiger partial charge >= 0.3 is 0 Å². The lowest BCUT2D eigenvalue weighted by molar-refractivity contribution is -0.384. The molecule has 25 heavy (non-hydrogen) atoms. The molecule has 1 N–H and O–H groups in total. The number of benzene rings is 2. The molecule has 0 bridgehead atoms. The van der Waals surface area contributed by atoms with Gasteiger partial charge in [0.2, 0.25) is 0 Å². The zero-order chi connectivity index (χ0) is 18.2. The number of hydrogen-bond acceptors (Lipinski definition) is 5. The van der Waals surface area contributed by atoms with Crippen molar-refractivity contribution in [3.63, 3.8) is 0 Å². The lowest BCUT2D eigenvalue weighted by Gasteiger charge is -2.09. The standard InChI is InChI=1S/C17H17FN2O5/c1-2-9-24-13-4-6-14(7-5-13)25-11-17(21)19-16-10-12(20(22)23)3-8-15(16)18/h3-8,10H,2,9,11H2,1H3,(H,19,21). The molecule has 0 saturated heterocycles. The number of anilines is 1. The Kier molecular flexibility index (Phi) is 6.27.